The first-order valence-corrected chi connectivity index (χ1v) is 6.97. The number of carbonyl (C=O) groups is 1. The van der Waals surface area contributed by atoms with Crippen molar-refractivity contribution >= 4 is 11.6 Å². The monoisotopic (exact) mass is 280 g/mol. The van der Waals surface area contributed by atoms with Crippen molar-refractivity contribution in [2.45, 2.75) is 26.2 Å². The summed E-state index contributed by atoms with van der Waals surface area (Å²) in [5.74, 6) is -0.0532. The fourth-order valence-corrected chi connectivity index (χ4v) is 2.61. The van der Waals surface area contributed by atoms with Gasteiger partial charge in [-0.15, -0.1) is 0 Å². The Kier molecular flexibility index (Phi) is 4.60. The lowest BCUT2D eigenvalue weighted by Crippen LogP contribution is -2.47. The topological polar surface area (TPSA) is 50.4 Å². The van der Waals surface area contributed by atoms with Crippen molar-refractivity contribution in [2.75, 3.05) is 25.5 Å². The molecule has 0 bridgehead atoms. The number of halogens is 1. The van der Waals surface area contributed by atoms with Gasteiger partial charge < -0.3 is 15.4 Å². The van der Waals surface area contributed by atoms with Gasteiger partial charge in [-0.2, -0.15) is 0 Å². The summed E-state index contributed by atoms with van der Waals surface area (Å²) in [7, 11) is 1.51. The summed E-state index contributed by atoms with van der Waals surface area (Å²) in [6.07, 6.45) is 2.52. The number of nitrogens with one attached hydrogen (secondary N) is 2. The number of anilines is 1. The average Bonchev–Trinajstić information content (AvgIpc) is 2.50. The Morgan fingerprint density at radius 3 is 2.95 bits per heavy atom. The number of hydrogen-bond donors (Lipinski definition) is 2. The molecule has 2 N–H and O–H groups in total. The number of carbonyl (C=O) groups excluding carboxylic acids is 1. The van der Waals surface area contributed by atoms with E-state index < -0.39 is 11.2 Å². The Hall–Kier alpha value is -1.62. The molecule has 110 valence electrons. The van der Waals surface area contributed by atoms with E-state index in [9.17, 15) is 9.18 Å². The predicted octanol–water partition coefficient (Wildman–Crippen LogP) is 2.55. The van der Waals surface area contributed by atoms with Gasteiger partial charge in [0.15, 0.2) is 0 Å². The fraction of sp³-hybridized carbons (Fsp3) is 0.533. The molecule has 1 saturated heterocycles. The molecule has 0 saturated carbocycles. The first-order valence-electron chi connectivity index (χ1n) is 6.97. The molecule has 1 aliphatic heterocycles. The van der Waals surface area contributed by atoms with Crippen molar-refractivity contribution in [1.82, 2.24) is 5.32 Å². The van der Waals surface area contributed by atoms with Gasteiger partial charge in [-0.05, 0) is 37.9 Å². The summed E-state index contributed by atoms with van der Waals surface area (Å²) in [6.45, 7) is 3.57. The quantitative estimate of drug-likeness (QED) is 0.891. The molecule has 1 unspecified atom stereocenters. The van der Waals surface area contributed by atoms with E-state index in [1.165, 1.54) is 25.3 Å². The lowest BCUT2D eigenvalue weighted by Gasteiger charge is -2.35. The molecule has 1 aliphatic rings. The minimum absolute atomic E-state index is 0.126. The van der Waals surface area contributed by atoms with E-state index in [4.69, 9.17) is 4.74 Å². The maximum absolute atomic E-state index is 13.8. The Morgan fingerprint density at radius 1 is 1.55 bits per heavy atom. The largest absolute Gasteiger partial charge is 0.497 e. The summed E-state index contributed by atoms with van der Waals surface area (Å²) in [5, 5.41) is 5.96. The second-order valence-electron chi connectivity index (χ2n) is 5.21. The molecule has 4 nitrogen and oxygen atoms in total. The third-order valence-corrected chi connectivity index (χ3v) is 4.05. The van der Waals surface area contributed by atoms with E-state index in [2.05, 4.69) is 10.6 Å². The average molecular weight is 280 g/mol. The smallest absolute Gasteiger partial charge is 0.231 e. The Bertz CT molecular complexity index is 485. The van der Waals surface area contributed by atoms with E-state index >= 15 is 0 Å². The highest BCUT2D eigenvalue weighted by atomic mass is 19.1. The van der Waals surface area contributed by atoms with Crippen molar-refractivity contribution in [1.29, 1.82) is 0 Å². The first-order chi connectivity index (χ1) is 9.61. The lowest BCUT2D eigenvalue weighted by atomic mass is 9.77. The first kappa shape index (κ1) is 14.8. The second kappa shape index (κ2) is 6.22. The van der Waals surface area contributed by atoms with Crippen molar-refractivity contribution < 1.29 is 13.9 Å². The van der Waals surface area contributed by atoms with Crippen molar-refractivity contribution in [3.05, 3.63) is 24.0 Å². The van der Waals surface area contributed by atoms with Crippen LogP contribution in [0, 0.1) is 11.2 Å². The predicted molar refractivity (Wildman–Crippen MR) is 76.4 cm³/mol. The molecule has 0 spiro atoms. The normalized spacial score (nSPS) is 22.4. The number of hydrogen-bond acceptors (Lipinski definition) is 3. The van der Waals surface area contributed by atoms with Gasteiger partial charge in [-0.1, -0.05) is 6.92 Å². The van der Waals surface area contributed by atoms with Gasteiger partial charge in [0.05, 0.1) is 18.2 Å². The Morgan fingerprint density at radius 2 is 2.35 bits per heavy atom. The van der Waals surface area contributed by atoms with Gasteiger partial charge >= 0.3 is 0 Å². The number of amides is 1. The van der Waals surface area contributed by atoms with Gasteiger partial charge in [-0.25, -0.2) is 4.39 Å². The van der Waals surface area contributed by atoms with Crippen LogP contribution in [0.5, 0.6) is 5.75 Å². The van der Waals surface area contributed by atoms with Crippen molar-refractivity contribution in [3.8, 4) is 5.75 Å². The molecule has 1 aromatic rings. The van der Waals surface area contributed by atoms with Gasteiger partial charge in [0, 0.05) is 12.6 Å². The van der Waals surface area contributed by atoms with Crippen LogP contribution in [0.15, 0.2) is 18.2 Å². The third-order valence-electron chi connectivity index (χ3n) is 4.05. The molecule has 1 heterocycles. The number of piperidine rings is 1. The number of rotatable bonds is 4. The van der Waals surface area contributed by atoms with E-state index in [0.29, 0.717) is 12.3 Å². The van der Waals surface area contributed by atoms with Crippen molar-refractivity contribution in [2.24, 2.45) is 5.41 Å². The highest BCUT2D eigenvalue weighted by molar-refractivity contribution is 5.95. The summed E-state index contributed by atoms with van der Waals surface area (Å²) < 4.78 is 18.8. The van der Waals surface area contributed by atoms with E-state index in [-0.39, 0.29) is 11.6 Å². The summed E-state index contributed by atoms with van der Waals surface area (Å²) in [4.78, 5) is 12.5. The Balaban J connectivity index is 2.18. The third kappa shape index (κ3) is 2.93. The Labute approximate surface area is 118 Å². The zero-order chi connectivity index (χ0) is 14.6. The lowest BCUT2D eigenvalue weighted by molar-refractivity contribution is -0.126. The molecule has 0 aromatic heterocycles. The second-order valence-corrected chi connectivity index (χ2v) is 5.21. The molecular weight excluding hydrogens is 259 g/mol. The van der Waals surface area contributed by atoms with Crippen LogP contribution < -0.4 is 15.4 Å². The summed E-state index contributed by atoms with van der Waals surface area (Å²) in [6, 6.07) is 4.34. The van der Waals surface area contributed by atoms with Gasteiger partial charge in [0.1, 0.15) is 11.6 Å². The molecular formula is C15H21FN2O2. The molecule has 1 aromatic carbocycles. The molecule has 2 rings (SSSR count). The molecule has 0 aliphatic carbocycles. The molecule has 20 heavy (non-hydrogen) atoms. The number of ether oxygens (including phenoxy) is 1. The summed E-state index contributed by atoms with van der Waals surface area (Å²) in [5.41, 5.74) is -0.277. The molecule has 1 atom stereocenters. The van der Waals surface area contributed by atoms with Crippen LogP contribution in [-0.4, -0.2) is 26.1 Å². The minimum atomic E-state index is -0.451. The maximum atomic E-state index is 13.8. The van der Waals surface area contributed by atoms with Crippen LogP contribution in [0.25, 0.3) is 0 Å². The zero-order valence-electron chi connectivity index (χ0n) is 12.0. The number of methoxy groups -OCH3 is 1. The fourth-order valence-electron chi connectivity index (χ4n) is 2.61. The number of benzene rings is 1. The molecule has 1 amide bonds. The van der Waals surface area contributed by atoms with Crippen LogP contribution in [0.3, 0.4) is 0 Å². The van der Waals surface area contributed by atoms with E-state index in [1.807, 2.05) is 6.92 Å². The van der Waals surface area contributed by atoms with Crippen LogP contribution in [0.1, 0.15) is 26.2 Å². The van der Waals surface area contributed by atoms with Crippen LogP contribution >= 0.6 is 0 Å². The van der Waals surface area contributed by atoms with Gasteiger partial charge in [0.25, 0.3) is 0 Å². The standard InChI is InChI=1S/C15H21FN2O2/c1-3-15(7-4-8-17-10-15)14(19)18-13-9-11(20-2)5-6-12(13)16/h5-6,9,17H,3-4,7-8,10H2,1-2H3,(H,18,19). The highest BCUT2D eigenvalue weighted by Crippen LogP contribution is 2.32. The van der Waals surface area contributed by atoms with Crippen molar-refractivity contribution in [3.63, 3.8) is 0 Å². The highest BCUT2D eigenvalue weighted by Gasteiger charge is 2.38. The van der Waals surface area contributed by atoms with Crippen LogP contribution in [0.4, 0.5) is 10.1 Å². The minimum Gasteiger partial charge on any atom is -0.497 e. The molecule has 0 radical (unpaired) electrons. The van der Waals surface area contributed by atoms with E-state index in [0.717, 1.165) is 25.8 Å². The van der Waals surface area contributed by atoms with Crippen LogP contribution in [0.2, 0.25) is 0 Å². The van der Waals surface area contributed by atoms with Gasteiger partial charge in [0.2, 0.25) is 5.91 Å². The van der Waals surface area contributed by atoms with Crippen LogP contribution in [-0.2, 0) is 4.79 Å². The molecule has 5 heteroatoms. The zero-order valence-corrected chi connectivity index (χ0v) is 12.0. The van der Waals surface area contributed by atoms with E-state index in [1.54, 1.807) is 0 Å². The molecule has 1 fully saturated rings. The maximum Gasteiger partial charge on any atom is 0.231 e. The summed E-state index contributed by atoms with van der Waals surface area (Å²) >= 11 is 0. The van der Waals surface area contributed by atoms with Gasteiger partial charge in [-0.3, -0.25) is 4.79 Å². The SMILES string of the molecule is CCC1(C(=O)Nc2cc(OC)ccc2F)CCCNC1.